The Balaban J connectivity index is 1.67. The van der Waals surface area contributed by atoms with Crippen LogP contribution in [0.25, 0.3) is 0 Å². The second kappa shape index (κ2) is 5.96. The fraction of sp³-hybridized carbons (Fsp3) is 0.385. The van der Waals surface area contributed by atoms with Gasteiger partial charge in [-0.25, -0.2) is 0 Å². The quantitative estimate of drug-likeness (QED) is 0.873. The molecule has 1 unspecified atom stereocenters. The van der Waals surface area contributed by atoms with Gasteiger partial charge in [-0.3, -0.25) is 4.90 Å². The van der Waals surface area contributed by atoms with Crippen LogP contribution in [0.3, 0.4) is 0 Å². The van der Waals surface area contributed by atoms with E-state index in [1.165, 1.54) is 17.1 Å². The van der Waals surface area contributed by atoms with Gasteiger partial charge in [-0.05, 0) is 5.56 Å². The molecule has 0 amide bonds. The first-order chi connectivity index (χ1) is 9.33. The van der Waals surface area contributed by atoms with Crippen LogP contribution in [0.15, 0.2) is 30.3 Å². The SMILES string of the molecule is Clc1snnc1CN1CCOC(c2ccccc2)C1. The summed E-state index contributed by atoms with van der Waals surface area (Å²) in [4.78, 5) is 2.31. The van der Waals surface area contributed by atoms with Crippen LogP contribution in [0.4, 0.5) is 0 Å². The number of ether oxygens (including phenoxy) is 1. The van der Waals surface area contributed by atoms with Gasteiger partial charge < -0.3 is 4.74 Å². The van der Waals surface area contributed by atoms with Crippen molar-refractivity contribution < 1.29 is 4.74 Å². The summed E-state index contributed by atoms with van der Waals surface area (Å²) < 4.78 is 10.4. The van der Waals surface area contributed by atoms with Gasteiger partial charge in [0.15, 0.2) is 0 Å². The lowest BCUT2D eigenvalue weighted by Gasteiger charge is -2.32. The van der Waals surface area contributed by atoms with Crippen molar-refractivity contribution in [3.05, 3.63) is 45.9 Å². The summed E-state index contributed by atoms with van der Waals surface area (Å²) in [6.45, 7) is 3.23. The van der Waals surface area contributed by atoms with Crippen molar-refractivity contribution in [3.8, 4) is 0 Å². The fourth-order valence-corrected chi connectivity index (χ4v) is 2.83. The van der Waals surface area contributed by atoms with Gasteiger partial charge >= 0.3 is 0 Å². The van der Waals surface area contributed by atoms with Crippen LogP contribution in [0.2, 0.25) is 4.34 Å². The van der Waals surface area contributed by atoms with E-state index in [4.69, 9.17) is 16.3 Å². The van der Waals surface area contributed by atoms with Crippen molar-refractivity contribution in [2.45, 2.75) is 12.6 Å². The largest absolute Gasteiger partial charge is 0.371 e. The third-order valence-corrected chi connectivity index (χ3v) is 4.19. The van der Waals surface area contributed by atoms with E-state index in [9.17, 15) is 0 Å². The van der Waals surface area contributed by atoms with Crippen LogP contribution >= 0.6 is 23.1 Å². The highest BCUT2D eigenvalue weighted by Crippen LogP contribution is 2.25. The van der Waals surface area contributed by atoms with E-state index in [0.29, 0.717) is 4.34 Å². The molecule has 0 aliphatic carbocycles. The number of rotatable bonds is 3. The molecule has 0 spiro atoms. The number of benzene rings is 1. The van der Waals surface area contributed by atoms with Crippen LogP contribution in [-0.2, 0) is 11.3 Å². The molecule has 0 radical (unpaired) electrons. The zero-order valence-corrected chi connectivity index (χ0v) is 11.9. The smallest absolute Gasteiger partial charge is 0.138 e. The lowest BCUT2D eigenvalue weighted by Crippen LogP contribution is -2.37. The third kappa shape index (κ3) is 3.12. The maximum atomic E-state index is 6.05. The normalized spacial score (nSPS) is 20.6. The topological polar surface area (TPSA) is 38.2 Å². The van der Waals surface area contributed by atoms with Crippen molar-refractivity contribution in [2.75, 3.05) is 19.7 Å². The van der Waals surface area contributed by atoms with E-state index < -0.39 is 0 Å². The van der Waals surface area contributed by atoms with Gasteiger partial charge in [0.05, 0.1) is 12.7 Å². The maximum Gasteiger partial charge on any atom is 0.138 e. The van der Waals surface area contributed by atoms with E-state index in [-0.39, 0.29) is 6.10 Å². The molecule has 0 bridgehead atoms. The van der Waals surface area contributed by atoms with Gasteiger partial charge in [0.1, 0.15) is 10.0 Å². The Morgan fingerprint density at radius 3 is 2.95 bits per heavy atom. The van der Waals surface area contributed by atoms with Crippen LogP contribution < -0.4 is 0 Å². The standard InChI is InChI=1S/C13H14ClN3OS/c14-13-11(15-16-19-13)8-17-6-7-18-12(9-17)10-4-2-1-3-5-10/h1-5,12H,6-9H2. The number of hydrogen-bond donors (Lipinski definition) is 0. The zero-order valence-electron chi connectivity index (χ0n) is 10.3. The summed E-state index contributed by atoms with van der Waals surface area (Å²) >= 11 is 7.28. The summed E-state index contributed by atoms with van der Waals surface area (Å²) in [5, 5.41) is 4.06. The van der Waals surface area contributed by atoms with E-state index in [1.54, 1.807) is 0 Å². The van der Waals surface area contributed by atoms with Crippen molar-refractivity contribution in [1.29, 1.82) is 0 Å². The first-order valence-corrected chi connectivity index (χ1v) is 7.33. The molecule has 1 aliphatic rings. The molecule has 1 aromatic carbocycles. The molecule has 3 rings (SSSR count). The van der Waals surface area contributed by atoms with Gasteiger partial charge in [-0.15, -0.1) is 5.10 Å². The molecule has 1 fully saturated rings. The van der Waals surface area contributed by atoms with E-state index in [1.807, 2.05) is 18.2 Å². The lowest BCUT2D eigenvalue weighted by atomic mass is 10.1. The monoisotopic (exact) mass is 295 g/mol. The molecule has 2 aromatic rings. The average Bonchev–Trinajstić information content (AvgIpc) is 2.86. The molecule has 0 saturated carbocycles. The molecule has 6 heteroatoms. The Kier molecular flexibility index (Phi) is 4.08. The third-order valence-electron chi connectivity index (χ3n) is 3.20. The van der Waals surface area contributed by atoms with Crippen LogP contribution in [-0.4, -0.2) is 34.2 Å². The fourth-order valence-electron chi connectivity index (χ4n) is 2.22. The van der Waals surface area contributed by atoms with E-state index in [0.717, 1.165) is 31.9 Å². The van der Waals surface area contributed by atoms with Crippen LogP contribution in [0.5, 0.6) is 0 Å². The number of aromatic nitrogens is 2. The number of nitrogens with zero attached hydrogens (tertiary/aromatic N) is 3. The Labute approximate surface area is 121 Å². The Morgan fingerprint density at radius 2 is 2.21 bits per heavy atom. The van der Waals surface area contributed by atoms with Crippen molar-refractivity contribution in [3.63, 3.8) is 0 Å². The molecule has 2 heterocycles. The predicted molar refractivity (Wildman–Crippen MR) is 75.3 cm³/mol. The molecule has 4 nitrogen and oxygen atoms in total. The second-order valence-corrected chi connectivity index (χ2v) is 5.85. The molecule has 1 aromatic heterocycles. The highest BCUT2D eigenvalue weighted by molar-refractivity contribution is 7.10. The Bertz CT molecular complexity index is 534. The highest BCUT2D eigenvalue weighted by atomic mass is 35.5. The van der Waals surface area contributed by atoms with Crippen molar-refractivity contribution >= 4 is 23.1 Å². The van der Waals surface area contributed by atoms with Gasteiger partial charge in [0.25, 0.3) is 0 Å². The van der Waals surface area contributed by atoms with Gasteiger partial charge in [-0.2, -0.15) is 0 Å². The minimum Gasteiger partial charge on any atom is -0.371 e. The summed E-state index contributed by atoms with van der Waals surface area (Å²) in [5.41, 5.74) is 2.08. The van der Waals surface area contributed by atoms with Crippen molar-refractivity contribution in [1.82, 2.24) is 14.5 Å². The van der Waals surface area contributed by atoms with Crippen LogP contribution in [0.1, 0.15) is 17.4 Å². The number of hydrogen-bond acceptors (Lipinski definition) is 5. The highest BCUT2D eigenvalue weighted by Gasteiger charge is 2.23. The molecule has 19 heavy (non-hydrogen) atoms. The summed E-state index contributed by atoms with van der Waals surface area (Å²) in [5.74, 6) is 0. The average molecular weight is 296 g/mol. The minimum absolute atomic E-state index is 0.125. The summed E-state index contributed by atoms with van der Waals surface area (Å²) in [6.07, 6.45) is 0.125. The molecular formula is C13H14ClN3OS. The Morgan fingerprint density at radius 1 is 1.37 bits per heavy atom. The maximum absolute atomic E-state index is 6.05. The number of morpholine rings is 1. The second-order valence-electron chi connectivity index (χ2n) is 4.50. The van der Waals surface area contributed by atoms with Gasteiger partial charge in [0, 0.05) is 31.2 Å². The first-order valence-electron chi connectivity index (χ1n) is 6.18. The van der Waals surface area contributed by atoms with Crippen molar-refractivity contribution in [2.24, 2.45) is 0 Å². The zero-order chi connectivity index (χ0) is 13.1. The number of halogens is 1. The summed E-state index contributed by atoms with van der Waals surface area (Å²) in [6, 6.07) is 10.3. The molecule has 0 N–H and O–H groups in total. The molecule has 1 saturated heterocycles. The van der Waals surface area contributed by atoms with E-state index >= 15 is 0 Å². The molecule has 100 valence electrons. The molecule has 1 aliphatic heterocycles. The first kappa shape index (κ1) is 13.0. The Hall–Kier alpha value is -1.01. The summed E-state index contributed by atoms with van der Waals surface area (Å²) in [7, 11) is 0. The molecular weight excluding hydrogens is 282 g/mol. The van der Waals surface area contributed by atoms with Gasteiger partial charge in [-0.1, -0.05) is 46.4 Å². The predicted octanol–water partition coefficient (Wildman–Crippen LogP) is 2.77. The van der Waals surface area contributed by atoms with Gasteiger partial charge in [0.2, 0.25) is 0 Å². The van der Waals surface area contributed by atoms with Crippen LogP contribution in [0, 0.1) is 0 Å². The molecule has 1 atom stereocenters. The minimum atomic E-state index is 0.125. The lowest BCUT2D eigenvalue weighted by molar-refractivity contribution is -0.0332. The van der Waals surface area contributed by atoms with E-state index in [2.05, 4.69) is 26.6 Å².